The molecule has 1 aromatic heterocycles. The van der Waals surface area contributed by atoms with E-state index < -0.39 is 0 Å². The van der Waals surface area contributed by atoms with Crippen LogP contribution in [0.2, 0.25) is 0 Å². The fourth-order valence-electron chi connectivity index (χ4n) is 5.92. The molecule has 0 radical (unpaired) electrons. The topological polar surface area (TPSA) is 63.9 Å². The number of halogens is 1. The third kappa shape index (κ3) is 3.66. The van der Waals surface area contributed by atoms with Crippen molar-refractivity contribution in [3.63, 3.8) is 0 Å². The summed E-state index contributed by atoms with van der Waals surface area (Å²) in [5.74, 6) is -0.119. The third-order valence-electron chi connectivity index (χ3n) is 7.62. The predicted molar refractivity (Wildman–Crippen MR) is 133 cm³/mol. The van der Waals surface area contributed by atoms with Crippen LogP contribution in [0.5, 0.6) is 5.75 Å². The van der Waals surface area contributed by atoms with Gasteiger partial charge in [-0.2, -0.15) is 10.1 Å². The minimum Gasteiger partial charge on any atom is -0.489 e. The molecule has 1 saturated heterocycles. The molecule has 4 unspecified atom stereocenters. The number of allylic oxidation sites excluding steroid dienone is 2. The van der Waals surface area contributed by atoms with Gasteiger partial charge in [0.05, 0.1) is 18.1 Å². The van der Waals surface area contributed by atoms with E-state index in [1.54, 1.807) is 12.3 Å². The summed E-state index contributed by atoms with van der Waals surface area (Å²) in [4.78, 5) is 25.8. The number of nitrogens with zero attached hydrogens (tertiary/aromatic N) is 3. The molecule has 182 valence electrons. The summed E-state index contributed by atoms with van der Waals surface area (Å²) < 4.78 is 21.3. The van der Waals surface area contributed by atoms with E-state index in [1.807, 2.05) is 50.2 Å². The monoisotopic (exact) mass is 483 g/mol. The first-order valence-corrected chi connectivity index (χ1v) is 12.2. The van der Waals surface area contributed by atoms with Crippen molar-refractivity contribution in [2.75, 3.05) is 0 Å². The number of carbonyl (C=O) groups is 2. The van der Waals surface area contributed by atoms with Crippen molar-refractivity contribution in [3.05, 3.63) is 95.1 Å². The maximum Gasteiger partial charge on any atom is 0.254 e. The molecule has 3 aliphatic rings. The second-order valence-corrected chi connectivity index (χ2v) is 9.81. The van der Waals surface area contributed by atoms with E-state index in [2.05, 4.69) is 21.8 Å². The van der Waals surface area contributed by atoms with E-state index in [-0.39, 0.29) is 47.9 Å². The van der Waals surface area contributed by atoms with E-state index >= 15 is 0 Å². The Hall–Kier alpha value is -4.00. The Kier molecular flexibility index (Phi) is 5.36. The van der Waals surface area contributed by atoms with E-state index in [4.69, 9.17) is 4.74 Å². The second kappa shape index (κ2) is 8.59. The van der Waals surface area contributed by atoms with E-state index in [9.17, 15) is 14.0 Å². The summed E-state index contributed by atoms with van der Waals surface area (Å²) in [5.41, 5.74) is 4.51. The number of carbonyl (C=O) groups excluding carboxylic acids is 2. The Morgan fingerprint density at radius 2 is 1.69 bits per heavy atom. The van der Waals surface area contributed by atoms with Crippen LogP contribution in [0, 0.1) is 43.3 Å². The van der Waals surface area contributed by atoms with E-state index in [1.165, 1.54) is 12.1 Å². The van der Waals surface area contributed by atoms with Crippen LogP contribution in [0.4, 0.5) is 4.39 Å². The van der Waals surface area contributed by atoms with E-state index in [0.717, 1.165) is 39.6 Å². The van der Waals surface area contributed by atoms with Gasteiger partial charge in [-0.05, 0) is 80.1 Å². The number of fused-ring (bicyclic) bond motifs is 5. The number of ether oxygens (including phenoxy) is 1. The van der Waals surface area contributed by atoms with Gasteiger partial charge < -0.3 is 9.30 Å². The van der Waals surface area contributed by atoms with Crippen LogP contribution in [0.15, 0.2) is 71.9 Å². The van der Waals surface area contributed by atoms with Crippen molar-refractivity contribution < 1.29 is 18.7 Å². The van der Waals surface area contributed by atoms with Gasteiger partial charge >= 0.3 is 0 Å². The smallest absolute Gasteiger partial charge is 0.254 e. The lowest BCUT2D eigenvalue weighted by Crippen LogP contribution is -2.28. The number of benzene rings is 2. The number of hydrazone groups is 1. The zero-order valence-corrected chi connectivity index (χ0v) is 20.1. The molecule has 7 heteroatoms. The predicted octanol–water partition coefficient (Wildman–Crippen LogP) is 4.95. The summed E-state index contributed by atoms with van der Waals surface area (Å²) in [6, 6.07) is 16.0. The Bertz CT molecular complexity index is 1390. The van der Waals surface area contributed by atoms with Crippen LogP contribution in [-0.4, -0.2) is 27.6 Å². The molecule has 2 bridgehead atoms. The normalized spacial score (nSPS) is 24.4. The van der Waals surface area contributed by atoms with Crippen LogP contribution in [0.1, 0.15) is 28.9 Å². The maximum atomic E-state index is 13.4. The van der Waals surface area contributed by atoms with Crippen LogP contribution in [0.3, 0.4) is 0 Å². The molecular weight excluding hydrogens is 457 g/mol. The number of hydrogen-bond donors (Lipinski definition) is 0. The zero-order chi connectivity index (χ0) is 25.0. The molecule has 6 rings (SSSR count). The Morgan fingerprint density at radius 3 is 2.36 bits per heavy atom. The molecule has 2 heterocycles. The van der Waals surface area contributed by atoms with Gasteiger partial charge in [0.1, 0.15) is 18.2 Å². The van der Waals surface area contributed by atoms with Gasteiger partial charge in [0.2, 0.25) is 0 Å². The number of aromatic nitrogens is 1. The first-order valence-electron chi connectivity index (χ1n) is 12.2. The van der Waals surface area contributed by atoms with Crippen molar-refractivity contribution in [1.82, 2.24) is 9.58 Å². The molecule has 0 N–H and O–H groups in total. The highest BCUT2D eigenvalue weighted by molar-refractivity contribution is 6.06. The largest absolute Gasteiger partial charge is 0.489 e. The number of amides is 2. The highest BCUT2D eigenvalue weighted by Crippen LogP contribution is 2.52. The van der Waals surface area contributed by atoms with Crippen molar-refractivity contribution in [1.29, 1.82) is 0 Å². The van der Waals surface area contributed by atoms with Crippen molar-refractivity contribution in [2.45, 2.75) is 26.9 Å². The number of hydrogen-bond acceptors (Lipinski definition) is 4. The first kappa shape index (κ1) is 22.5. The minimum absolute atomic E-state index is 0.169. The Labute approximate surface area is 208 Å². The molecule has 2 aromatic carbocycles. The van der Waals surface area contributed by atoms with Gasteiger partial charge in [-0.1, -0.05) is 24.3 Å². The van der Waals surface area contributed by atoms with Crippen LogP contribution in [0.25, 0.3) is 5.69 Å². The lowest BCUT2D eigenvalue weighted by Gasteiger charge is -2.13. The van der Waals surface area contributed by atoms with Gasteiger partial charge in [0.25, 0.3) is 11.8 Å². The Balaban J connectivity index is 1.17. The average molecular weight is 484 g/mol. The first-order chi connectivity index (χ1) is 17.4. The molecule has 6 nitrogen and oxygen atoms in total. The minimum atomic E-state index is -0.283. The van der Waals surface area contributed by atoms with Gasteiger partial charge in [-0.25, -0.2) is 4.39 Å². The fraction of sp³-hybridized carbons (Fsp3) is 0.276. The van der Waals surface area contributed by atoms with Gasteiger partial charge in [0, 0.05) is 22.6 Å². The molecule has 2 fully saturated rings. The molecule has 2 amide bonds. The van der Waals surface area contributed by atoms with Crippen LogP contribution >= 0.6 is 0 Å². The molecule has 3 aromatic rings. The average Bonchev–Trinajstić information content (AvgIpc) is 3.61. The number of aryl methyl sites for hydroxylation is 1. The molecule has 36 heavy (non-hydrogen) atoms. The summed E-state index contributed by atoms with van der Waals surface area (Å²) in [7, 11) is 0. The second-order valence-electron chi connectivity index (χ2n) is 9.81. The standard InChI is InChI=1S/C29H26FN3O3/c1-17-12-22(15-31-33-28(34)26-20-6-7-21(14-20)27(26)29(33)35)18(2)32(17)24-8-10-25(11-9-24)36-16-19-4-3-5-23(30)13-19/h3-13,15,20-21,26-27H,14,16H2,1-2H3. The highest BCUT2D eigenvalue weighted by Gasteiger charge is 2.59. The summed E-state index contributed by atoms with van der Waals surface area (Å²) in [6.45, 7) is 4.26. The molecule has 1 aliphatic heterocycles. The lowest BCUT2D eigenvalue weighted by molar-refractivity contribution is -0.140. The number of imide groups is 1. The quantitative estimate of drug-likeness (QED) is 0.283. The Morgan fingerprint density at radius 1 is 1.00 bits per heavy atom. The summed E-state index contributed by atoms with van der Waals surface area (Å²) in [5, 5.41) is 5.42. The lowest BCUT2D eigenvalue weighted by atomic mass is 9.85. The highest BCUT2D eigenvalue weighted by atomic mass is 19.1. The van der Waals surface area contributed by atoms with Crippen molar-refractivity contribution in [2.24, 2.45) is 28.8 Å². The summed E-state index contributed by atoms with van der Waals surface area (Å²) in [6.07, 6.45) is 6.67. The fourth-order valence-corrected chi connectivity index (χ4v) is 5.92. The van der Waals surface area contributed by atoms with Crippen molar-refractivity contribution >= 4 is 18.0 Å². The SMILES string of the molecule is Cc1cc(C=NN2C(=O)C3C4C=CC(C4)C3C2=O)c(C)n1-c1ccc(OCc2cccc(F)c2)cc1. The van der Waals surface area contributed by atoms with Gasteiger partial charge in [-0.3, -0.25) is 9.59 Å². The van der Waals surface area contributed by atoms with Gasteiger partial charge in [0.15, 0.2) is 0 Å². The van der Waals surface area contributed by atoms with Gasteiger partial charge in [-0.15, -0.1) is 0 Å². The molecular formula is C29H26FN3O3. The van der Waals surface area contributed by atoms with Crippen LogP contribution < -0.4 is 4.74 Å². The van der Waals surface area contributed by atoms with Crippen molar-refractivity contribution in [3.8, 4) is 11.4 Å². The molecule has 2 aliphatic carbocycles. The van der Waals surface area contributed by atoms with Crippen LogP contribution in [-0.2, 0) is 16.2 Å². The summed E-state index contributed by atoms with van der Waals surface area (Å²) >= 11 is 0. The maximum absolute atomic E-state index is 13.4. The molecule has 1 saturated carbocycles. The molecule has 4 atom stereocenters. The van der Waals surface area contributed by atoms with E-state index in [0.29, 0.717) is 5.75 Å². The molecule has 0 spiro atoms. The third-order valence-corrected chi connectivity index (χ3v) is 7.62. The number of rotatable bonds is 6. The zero-order valence-electron chi connectivity index (χ0n) is 20.1.